The van der Waals surface area contributed by atoms with Crippen LogP contribution in [0.25, 0.3) is 0 Å². The van der Waals surface area contributed by atoms with E-state index < -0.39 is 11.9 Å². The molecule has 1 aromatic carbocycles. The van der Waals surface area contributed by atoms with Crippen LogP contribution in [0.4, 0.5) is 13.2 Å². The largest absolute Gasteiger partial charge is 0.436 e. The number of nitrogens with zero attached hydrogens (tertiary/aromatic N) is 2. The molecule has 0 aliphatic heterocycles. The van der Waals surface area contributed by atoms with E-state index in [0.29, 0.717) is 18.5 Å². The van der Waals surface area contributed by atoms with Crippen molar-refractivity contribution >= 4 is 40.1 Å². The molecular weight excluding hydrogens is 458 g/mol. The Morgan fingerprint density at radius 2 is 2.04 bits per heavy atom. The second-order valence-corrected chi connectivity index (χ2v) is 6.60. The molecule has 0 saturated carbocycles. The molecule has 0 saturated heterocycles. The van der Waals surface area contributed by atoms with Crippen molar-refractivity contribution in [3.8, 4) is 0 Å². The molecule has 0 aliphatic carbocycles. The summed E-state index contributed by atoms with van der Waals surface area (Å²) in [7, 11) is 0. The molecule has 1 amide bonds. The number of alkyl halides is 3. The highest BCUT2D eigenvalue weighted by atomic mass is 127. The number of nitrogens with one attached hydrogen (secondary N) is 1. The average Bonchev–Trinajstić information content (AvgIpc) is 2.80. The van der Waals surface area contributed by atoms with Crippen LogP contribution in [-0.4, -0.2) is 22.2 Å². The quantitative estimate of drug-likeness (QED) is 0.522. The molecule has 130 valence electrons. The van der Waals surface area contributed by atoms with Crippen molar-refractivity contribution < 1.29 is 18.0 Å². The van der Waals surface area contributed by atoms with Crippen molar-refractivity contribution in [2.45, 2.75) is 26.1 Å². The van der Waals surface area contributed by atoms with Crippen LogP contribution < -0.4 is 5.32 Å². The van der Waals surface area contributed by atoms with Gasteiger partial charge in [0.25, 0.3) is 5.91 Å². The van der Waals surface area contributed by atoms with E-state index in [-0.39, 0.29) is 23.2 Å². The number of benzene rings is 1. The summed E-state index contributed by atoms with van der Waals surface area (Å²) in [5.41, 5.74) is -0.256. The molecule has 2 aromatic rings. The summed E-state index contributed by atoms with van der Waals surface area (Å²) in [6.45, 7) is 2.03. The van der Waals surface area contributed by atoms with Gasteiger partial charge >= 0.3 is 6.18 Å². The standard InChI is InChI=1S/C15H14ClF3IN3O/c1-9-12(16)13(15(17,18)19)22-23(9)8-4-7-21-14(24)10-5-2-3-6-11(10)20/h2-3,5-6H,4,7-8H2,1H3,(H,21,24). The minimum Gasteiger partial charge on any atom is -0.352 e. The van der Waals surface area contributed by atoms with Crippen molar-refractivity contribution in [2.24, 2.45) is 0 Å². The maximum atomic E-state index is 12.7. The van der Waals surface area contributed by atoms with Gasteiger partial charge in [0.2, 0.25) is 0 Å². The Balaban J connectivity index is 1.91. The van der Waals surface area contributed by atoms with Crippen LogP contribution in [-0.2, 0) is 12.7 Å². The maximum absolute atomic E-state index is 12.7. The molecule has 1 heterocycles. The highest BCUT2D eigenvalue weighted by Gasteiger charge is 2.38. The van der Waals surface area contributed by atoms with Crippen LogP contribution >= 0.6 is 34.2 Å². The van der Waals surface area contributed by atoms with Crippen LogP contribution in [0.2, 0.25) is 5.02 Å². The first-order valence-corrected chi connectivity index (χ1v) is 8.50. The van der Waals surface area contributed by atoms with E-state index >= 15 is 0 Å². The Hall–Kier alpha value is -1.29. The van der Waals surface area contributed by atoms with E-state index in [2.05, 4.69) is 33.0 Å². The van der Waals surface area contributed by atoms with E-state index in [1.54, 1.807) is 12.1 Å². The van der Waals surface area contributed by atoms with Crippen LogP contribution in [0.5, 0.6) is 0 Å². The van der Waals surface area contributed by atoms with Crippen LogP contribution in [0, 0.1) is 10.5 Å². The summed E-state index contributed by atoms with van der Waals surface area (Å²) in [4.78, 5) is 12.0. The fourth-order valence-electron chi connectivity index (χ4n) is 2.09. The number of carbonyl (C=O) groups is 1. The lowest BCUT2D eigenvalue weighted by Gasteiger charge is -2.08. The number of carbonyl (C=O) groups excluding carboxylic acids is 1. The lowest BCUT2D eigenvalue weighted by molar-refractivity contribution is -0.141. The summed E-state index contributed by atoms with van der Waals surface area (Å²) in [6, 6.07) is 7.14. The predicted octanol–water partition coefficient (Wildman–Crippen LogP) is 4.29. The smallest absolute Gasteiger partial charge is 0.352 e. The number of halogens is 5. The highest BCUT2D eigenvalue weighted by molar-refractivity contribution is 14.1. The fourth-order valence-corrected chi connectivity index (χ4v) is 2.97. The Bertz CT molecular complexity index is 746. The molecule has 0 unspecified atom stereocenters. The van der Waals surface area contributed by atoms with Gasteiger partial charge in [-0.2, -0.15) is 18.3 Å². The summed E-state index contributed by atoms with van der Waals surface area (Å²) in [5.74, 6) is -0.216. The molecule has 0 bridgehead atoms. The lowest BCUT2D eigenvalue weighted by atomic mass is 10.2. The number of hydrogen-bond donors (Lipinski definition) is 1. The molecule has 0 atom stereocenters. The molecule has 0 radical (unpaired) electrons. The number of aromatic nitrogens is 2. The Labute approximate surface area is 155 Å². The molecule has 2 rings (SSSR count). The van der Waals surface area contributed by atoms with Crippen LogP contribution in [0.3, 0.4) is 0 Å². The number of amides is 1. The van der Waals surface area contributed by atoms with Crippen LogP contribution in [0.1, 0.15) is 28.2 Å². The van der Waals surface area contributed by atoms with Gasteiger partial charge in [0.05, 0.1) is 16.3 Å². The van der Waals surface area contributed by atoms with Crippen molar-refractivity contribution in [1.29, 1.82) is 0 Å². The molecule has 1 N–H and O–H groups in total. The zero-order valence-electron chi connectivity index (χ0n) is 12.6. The van der Waals surface area contributed by atoms with Crippen molar-refractivity contribution in [3.63, 3.8) is 0 Å². The van der Waals surface area contributed by atoms with Gasteiger partial charge in [-0.15, -0.1) is 0 Å². The topological polar surface area (TPSA) is 46.9 Å². The molecule has 9 heteroatoms. The molecule has 0 fully saturated rings. The Morgan fingerprint density at radius 1 is 1.38 bits per heavy atom. The summed E-state index contributed by atoms with van der Waals surface area (Å²) in [5, 5.41) is 5.87. The molecule has 24 heavy (non-hydrogen) atoms. The minimum absolute atomic E-state index is 0.216. The Morgan fingerprint density at radius 3 is 2.62 bits per heavy atom. The number of hydrogen-bond acceptors (Lipinski definition) is 2. The van der Waals surface area contributed by atoms with Gasteiger partial charge in [0, 0.05) is 16.7 Å². The lowest BCUT2D eigenvalue weighted by Crippen LogP contribution is -2.26. The highest BCUT2D eigenvalue weighted by Crippen LogP contribution is 2.35. The SMILES string of the molecule is Cc1c(Cl)c(C(F)(F)F)nn1CCCNC(=O)c1ccccc1I. The second kappa shape index (κ2) is 7.73. The molecule has 0 spiro atoms. The summed E-state index contributed by atoms with van der Waals surface area (Å²) < 4.78 is 40.3. The second-order valence-electron chi connectivity index (χ2n) is 5.06. The first-order chi connectivity index (χ1) is 11.2. The van der Waals surface area contributed by atoms with E-state index in [9.17, 15) is 18.0 Å². The minimum atomic E-state index is -4.58. The van der Waals surface area contributed by atoms with Gasteiger partial charge in [-0.1, -0.05) is 23.7 Å². The van der Waals surface area contributed by atoms with Gasteiger partial charge in [-0.05, 0) is 48.1 Å². The van der Waals surface area contributed by atoms with Crippen molar-refractivity contribution in [1.82, 2.24) is 15.1 Å². The fraction of sp³-hybridized carbons (Fsp3) is 0.333. The molecular formula is C15H14ClF3IN3O. The van der Waals surface area contributed by atoms with Gasteiger partial charge in [-0.25, -0.2) is 0 Å². The van der Waals surface area contributed by atoms with E-state index in [0.717, 1.165) is 3.57 Å². The number of rotatable bonds is 5. The van der Waals surface area contributed by atoms with E-state index in [4.69, 9.17) is 11.6 Å². The predicted molar refractivity (Wildman–Crippen MR) is 93.1 cm³/mol. The third kappa shape index (κ3) is 4.41. The van der Waals surface area contributed by atoms with Crippen LogP contribution in [0.15, 0.2) is 24.3 Å². The van der Waals surface area contributed by atoms with E-state index in [1.165, 1.54) is 11.6 Å². The maximum Gasteiger partial charge on any atom is 0.436 e. The van der Waals surface area contributed by atoms with Gasteiger partial charge in [0.15, 0.2) is 5.69 Å². The summed E-state index contributed by atoms with van der Waals surface area (Å²) in [6.07, 6.45) is -4.14. The zero-order chi connectivity index (χ0) is 17.9. The average molecular weight is 472 g/mol. The Kier molecular flexibility index (Phi) is 6.13. The van der Waals surface area contributed by atoms with Gasteiger partial charge in [-0.3, -0.25) is 9.48 Å². The molecule has 1 aromatic heterocycles. The molecule has 4 nitrogen and oxygen atoms in total. The monoisotopic (exact) mass is 471 g/mol. The first kappa shape index (κ1) is 19.0. The normalized spacial score (nSPS) is 11.6. The summed E-state index contributed by atoms with van der Waals surface area (Å²) >= 11 is 7.75. The third-order valence-corrected chi connectivity index (χ3v) is 4.75. The molecule has 0 aliphatic rings. The first-order valence-electron chi connectivity index (χ1n) is 7.04. The number of aryl methyl sites for hydroxylation is 1. The third-order valence-electron chi connectivity index (χ3n) is 3.35. The van der Waals surface area contributed by atoms with E-state index in [1.807, 2.05) is 12.1 Å². The zero-order valence-corrected chi connectivity index (χ0v) is 15.5. The van der Waals surface area contributed by atoms with Gasteiger partial charge < -0.3 is 5.32 Å². The van der Waals surface area contributed by atoms with Crippen molar-refractivity contribution in [2.75, 3.05) is 6.54 Å². The van der Waals surface area contributed by atoms with Crippen molar-refractivity contribution in [3.05, 3.63) is 49.8 Å². The van der Waals surface area contributed by atoms with Gasteiger partial charge in [0.1, 0.15) is 0 Å².